The smallest absolute Gasteiger partial charge is 0.315 e. The number of esters is 2. The molecule has 5 rings (SSSR count). The molecule has 0 N–H and O–H groups in total. The van der Waals surface area contributed by atoms with Crippen LogP contribution < -0.4 is 0 Å². The third-order valence-corrected chi connectivity index (χ3v) is 12.9. The lowest BCUT2D eigenvalue weighted by molar-refractivity contribution is -0.206. The molecule has 5 aliphatic carbocycles. The minimum Gasteiger partial charge on any atom is -0.468 e. The van der Waals surface area contributed by atoms with Crippen LogP contribution in [0, 0.1) is 44.3 Å². The zero-order chi connectivity index (χ0) is 28.1. The Morgan fingerprint density at radius 2 is 1.53 bits per heavy atom. The van der Waals surface area contributed by atoms with Crippen molar-refractivity contribution in [1.29, 1.82) is 0 Å². The number of rotatable bonds is 2. The Labute approximate surface area is 229 Å². The molecule has 0 bridgehead atoms. The molecule has 0 amide bonds. The second-order valence-corrected chi connectivity index (χ2v) is 15.2. The topological polar surface area (TPSA) is 69.7 Å². The van der Waals surface area contributed by atoms with Crippen molar-refractivity contribution in [3.63, 3.8) is 0 Å². The molecular formula is C33H48O5. The molecule has 5 nitrogen and oxygen atoms in total. The molecule has 3 fully saturated rings. The van der Waals surface area contributed by atoms with E-state index >= 15 is 0 Å². The summed E-state index contributed by atoms with van der Waals surface area (Å²) in [4.78, 5) is 39.1. The molecule has 0 spiro atoms. The molecule has 5 aliphatic rings. The van der Waals surface area contributed by atoms with E-state index < -0.39 is 5.41 Å². The Balaban J connectivity index is 1.62. The summed E-state index contributed by atoms with van der Waals surface area (Å²) < 4.78 is 11.0. The molecule has 0 aromatic heterocycles. The van der Waals surface area contributed by atoms with E-state index in [-0.39, 0.29) is 56.8 Å². The zero-order valence-electron chi connectivity index (χ0n) is 25.1. The highest BCUT2D eigenvalue weighted by Gasteiger charge is 2.69. The van der Waals surface area contributed by atoms with E-state index in [4.69, 9.17) is 9.47 Å². The summed E-state index contributed by atoms with van der Waals surface area (Å²) in [5.41, 5.74) is 1.05. The van der Waals surface area contributed by atoms with Crippen LogP contribution in [0.4, 0.5) is 0 Å². The van der Waals surface area contributed by atoms with Crippen LogP contribution in [0.3, 0.4) is 0 Å². The van der Waals surface area contributed by atoms with Crippen molar-refractivity contribution in [2.45, 2.75) is 113 Å². The van der Waals surface area contributed by atoms with Crippen molar-refractivity contribution in [3.05, 3.63) is 23.3 Å². The van der Waals surface area contributed by atoms with Crippen molar-refractivity contribution in [1.82, 2.24) is 0 Å². The van der Waals surface area contributed by atoms with Gasteiger partial charge in [0.25, 0.3) is 0 Å². The second kappa shape index (κ2) is 8.30. The monoisotopic (exact) mass is 524 g/mol. The maximum Gasteiger partial charge on any atom is 0.315 e. The number of allylic oxidation sites excluding steroid dienone is 3. The van der Waals surface area contributed by atoms with Gasteiger partial charge in [-0.15, -0.1) is 0 Å². The second-order valence-electron chi connectivity index (χ2n) is 15.2. The molecule has 0 radical (unpaired) electrons. The maximum absolute atomic E-state index is 14.4. The molecule has 0 saturated heterocycles. The quantitative estimate of drug-likeness (QED) is 0.364. The fourth-order valence-corrected chi connectivity index (χ4v) is 10.4. The Morgan fingerprint density at radius 1 is 0.868 bits per heavy atom. The van der Waals surface area contributed by atoms with Crippen LogP contribution in [0.15, 0.2) is 23.3 Å². The molecule has 0 aromatic rings. The van der Waals surface area contributed by atoms with Crippen molar-refractivity contribution in [2.24, 2.45) is 44.3 Å². The number of carbonyl (C=O) groups excluding carboxylic acids is 3. The van der Waals surface area contributed by atoms with Gasteiger partial charge in [-0.3, -0.25) is 14.4 Å². The van der Waals surface area contributed by atoms with Gasteiger partial charge in [0.15, 0.2) is 5.78 Å². The first-order valence-corrected chi connectivity index (χ1v) is 14.7. The molecule has 3 saturated carbocycles. The van der Waals surface area contributed by atoms with Gasteiger partial charge in [-0.2, -0.15) is 0 Å². The summed E-state index contributed by atoms with van der Waals surface area (Å²) in [6, 6.07) is 0. The van der Waals surface area contributed by atoms with Crippen molar-refractivity contribution >= 4 is 17.7 Å². The van der Waals surface area contributed by atoms with Crippen LogP contribution in [0.5, 0.6) is 0 Å². The van der Waals surface area contributed by atoms with E-state index in [9.17, 15) is 14.4 Å². The summed E-state index contributed by atoms with van der Waals surface area (Å²) in [6.45, 7) is 17.5. The predicted molar refractivity (Wildman–Crippen MR) is 147 cm³/mol. The van der Waals surface area contributed by atoms with Gasteiger partial charge in [-0.05, 0) is 103 Å². The van der Waals surface area contributed by atoms with Gasteiger partial charge in [0, 0.05) is 18.3 Å². The SMILES string of the molecule is COC(=O)[C@]1(C)C=C2C3=CC(=O)[C@H]4[C@@]5(C)CC[C@H](OC(C)=O)C(C)(C)[C@@H]5CC[C@@]4(C)[C@]3(C)CC[C@@]2(C)CC1. The molecule has 210 valence electrons. The Morgan fingerprint density at radius 3 is 2.16 bits per heavy atom. The van der Waals surface area contributed by atoms with Crippen molar-refractivity contribution in [2.75, 3.05) is 7.11 Å². The van der Waals surface area contributed by atoms with E-state index in [0.29, 0.717) is 5.92 Å². The molecular weight excluding hydrogens is 476 g/mol. The van der Waals surface area contributed by atoms with Crippen LogP contribution in [0.1, 0.15) is 107 Å². The van der Waals surface area contributed by atoms with Gasteiger partial charge >= 0.3 is 11.9 Å². The molecule has 0 unspecified atom stereocenters. The lowest BCUT2D eigenvalue weighted by Gasteiger charge is -2.69. The van der Waals surface area contributed by atoms with Gasteiger partial charge in [0.1, 0.15) is 6.10 Å². The molecule has 38 heavy (non-hydrogen) atoms. The highest BCUT2D eigenvalue weighted by molar-refractivity contribution is 5.96. The number of fused-ring (bicyclic) bond motifs is 7. The number of carbonyl (C=O) groups is 3. The summed E-state index contributed by atoms with van der Waals surface area (Å²) in [6.07, 6.45) is 11.6. The van der Waals surface area contributed by atoms with Crippen molar-refractivity contribution < 1.29 is 23.9 Å². The van der Waals surface area contributed by atoms with Crippen LogP contribution in [0.2, 0.25) is 0 Å². The van der Waals surface area contributed by atoms with E-state index in [1.165, 1.54) is 25.2 Å². The standard InChI is InChI=1S/C33H48O5/c1-20(34)38-25-11-12-31(6)24(28(25,2)3)10-13-33(8)26(31)23(35)18-21-22-19-30(5,27(36)37-9)15-14-29(22,4)16-17-32(21,33)7/h18-19,24-26H,10-17H2,1-9H3/t24-,25-,26-,29+,30-,31-,32+,33+/m0/s1. The largest absolute Gasteiger partial charge is 0.468 e. The normalized spacial score (nSPS) is 47.3. The van der Waals surface area contributed by atoms with Crippen molar-refractivity contribution in [3.8, 4) is 0 Å². The summed E-state index contributed by atoms with van der Waals surface area (Å²) >= 11 is 0. The first-order chi connectivity index (χ1) is 17.5. The minimum absolute atomic E-state index is 0.0203. The first-order valence-electron chi connectivity index (χ1n) is 14.7. The minimum atomic E-state index is -0.660. The molecule has 5 heteroatoms. The van der Waals surface area contributed by atoms with Gasteiger partial charge in [-0.1, -0.05) is 47.6 Å². The lowest BCUT2D eigenvalue weighted by atomic mass is 9.34. The third-order valence-electron chi connectivity index (χ3n) is 12.9. The summed E-state index contributed by atoms with van der Waals surface area (Å²) in [7, 11) is 1.47. The van der Waals surface area contributed by atoms with E-state index in [1.807, 2.05) is 13.0 Å². The van der Waals surface area contributed by atoms with E-state index in [2.05, 4.69) is 47.6 Å². The third kappa shape index (κ3) is 3.45. The van der Waals surface area contributed by atoms with Gasteiger partial charge in [-0.25, -0.2) is 0 Å². The molecule has 0 heterocycles. The number of ether oxygens (including phenoxy) is 2. The predicted octanol–water partition coefficient (Wildman–Crippen LogP) is 6.99. The molecule has 0 aromatic carbocycles. The number of methoxy groups -OCH3 is 1. The Hall–Kier alpha value is -1.91. The number of hydrogen-bond acceptors (Lipinski definition) is 5. The molecule has 8 atom stereocenters. The van der Waals surface area contributed by atoms with Gasteiger partial charge in [0.2, 0.25) is 0 Å². The van der Waals surface area contributed by atoms with Gasteiger partial charge in [0.05, 0.1) is 12.5 Å². The fraction of sp³-hybridized carbons (Fsp3) is 0.788. The van der Waals surface area contributed by atoms with Gasteiger partial charge < -0.3 is 9.47 Å². The van der Waals surface area contributed by atoms with Crippen LogP contribution in [0.25, 0.3) is 0 Å². The van der Waals surface area contributed by atoms with E-state index in [0.717, 1.165) is 51.4 Å². The number of ketones is 1. The highest BCUT2D eigenvalue weighted by Crippen LogP contribution is 2.74. The summed E-state index contributed by atoms with van der Waals surface area (Å²) in [5.74, 6) is 0.0844. The first kappa shape index (κ1) is 27.6. The number of hydrogen-bond donors (Lipinski definition) is 0. The lowest BCUT2D eigenvalue weighted by Crippen LogP contribution is -2.66. The van der Waals surface area contributed by atoms with Crippen LogP contribution in [-0.4, -0.2) is 30.9 Å². The zero-order valence-corrected chi connectivity index (χ0v) is 25.1. The van der Waals surface area contributed by atoms with E-state index in [1.54, 1.807) is 0 Å². The maximum atomic E-state index is 14.4. The average Bonchev–Trinajstić information content (AvgIpc) is 2.82. The van der Waals surface area contributed by atoms with Crippen LogP contribution >= 0.6 is 0 Å². The fourth-order valence-electron chi connectivity index (χ4n) is 10.4. The Kier molecular flexibility index (Phi) is 6.04. The Bertz CT molecular complexity index is 1150. The molecule has 0 aliphatic heterocycles. The highest BCUT2D eigenvalue weighted by atomic mass is 16.5. The summed E-state index contributed by atoms with van der Waals surface area (Å²) in [5, 5.41) is 0. The average molecular weight is 525 g/mol. The van der Waals surface area contributed by atoms with Crippen LogP contribution in [-0.2, 0) is 23.9 Å².